The molecule has 0 spiro atoms. The molecule has 0 rings (SSSR count). The Morgan fingerprint density at radius 2 is 0.740 bits per heavy atom. The zero-order valence-corrected chi connectivity index (χ0v) is 52.3. The number of quaternary nitrogens is 1. The van der Waals surface area contributed by atoms with Gasteiger partial charge >= 0.3 is 11.9 Å². The fourth-order valence-corrected chi connectivity index (χ4v) is 10.3. The standard InChI is InChI=1S/C67H126NO8P/c1-6-8-10-12-14-16-18-20-22-24-26-28-29-30-31-32-33-34-35-36-37-38-39-40-42-44-46-48-50-52-54-56-58-60-67(70)76-65(64-75-77(71,72)74-62-61-68(3,4)5)63-73-66(69)59-57-55-53-51-49-47-45-43-41-27-25-23-21-19-17-15-13-11-9-7-2/h8,10,14,16,20,22,26,28,65H,6-7,9,11-13,15,17-19,21,23-25,27,29-64H2,1-5H3/b10-8-,16-14-,22-20-,28-26-. The van der Waals surface area contributed by atoms with Crippen molar-refractivity contribution in [2.45, 2.75) is 322 Å². The van der Waals surface area contributed by atoms with E-state index in [0.29, 0.717) is 17.4 Å². The minimum Gasteiger partial charge on any atom is -0.756 e. The Morgan fingerprint density at radius 1 is 0.416 bits per heavy atom. The molecule has 0 aliphatic heterocycles. The van der Waals surface area contributed by atoms with Crippen LogP contribution in [0, 0.1) is 0 Å². The zero-order valence-electron chi connectivity index (χ0n) is 51.4. The lowest BCUT2D eigenvalue weighted by Gasteiger charge is -2.28. The number of nitrogens with zero attached hydrogens (tertiary/aromatic N) is 1. The van der Waals surface area contributed by atoms with E-state index in [9.17, 15) is 19.0 Å². The minimum absolute atomic E-state index is 0.0281. The Balaban J connectivity index is 4.00. The van der Waals surface area contributed by atoms with Gasteiger partial charge in [0.25, 0.3) is 7.82 Å². The number of unbranched alkanes of at least 4 members (excludes halogenated alkanes) is 39. The van der Waals surface area contributed by atoms with Gasteiger partial charge in [0, 0.05) is 12.8 Å². The van der Waals surface area contributed by atoms with Gasteiger partial charge in [-0.25, -0.2) is 0 Å². The molecular formula is C67H126NO8P. The molecule has 10 heteroatoms. The van der Waals surface area contributed by atoms with E-state index in [2.05, 4.69) is 62.5 Å². The van der Waals surface area contributed by atoms with E-state index in [4.69, 9.17) is 18.5 Å². The van der Waals surface area contributed by atoms with Crippen LogP contribution in [-0.4, -0.2) is 70.0 Å². The summed E-state index contributed by atoms with van der Waals surface area (Å²) in [5.74, 6) is -0.814. The SMILES string of the molecule is CC/C=C\C/C=C\C/C=C\C/C=C\CCCCCCCCCCCCCCCCCCCCCCC(=O)OC(COC(=O)CCCCCCCCCCCCCCCCCCCCCC)COP(=O)([O-])OCC[N+](C)(C)C. The molecule has 0 saturated heterocycles. The number of esters is 2. The fourth-order valence-electron chi connectivity index (χ4n) is 9.59. The van der Waals surface area contributed by atoms with Crippen LogP contribution in [0.5, 0.6) is 0 Å². The van der Waals surface area contributed by atoms with Gasteiger partial charge in [-0.05, 0) is 51.4 Å². The summed E-state index contributed by atoms with van der Waals surface area (Å²) >= 11 is 0. The number of likely N-dealkylation sites (N-methyl/N-ethyl adjacent to an activating group) is 1. The summed E-state index contributed by atoms with van der Waals surface area (Å²) in [6.45, 7) is 4.19. The molecule has 0 aromatic heterocycles. The summed E-state index contributed by atoms with van der Waals surface area (Å²) in [6, 6.07) is 0. The van der Waals surface area contributed by atoms with Gasteiger partial charge < -0.3 is 27.9 Å². The first-order chi connectivity index (χ1) is 37.5. The van der Waals surface area contributed by atoms with Crippen molar-refractivity contribution in [3.8, 4) is 0 Å². The summed E-state index contributed by atoms with van der Waals surface area (Å²) in [7, 11) is 1.18. The van der Waals surface area contributed by atoms with Gasteiger partial charge in [0.15, 0.2) is 6.10 Å². The molecule has 0 aromatic carbocycles. The average Bonchev–Trinajstić information content (AvgIpc) is 3.39. The molecule has 0 fully saturated rings. The molecule has 77 heavy (non-hydrogen) atoms. The Morgan fingerprint density at radius 3 is 1.10 bits per heavy atom. The van der Waals surface area contributed by atoms with Crippen molar-refractivity contribution in [2.75, 3.05) is 47.5 Å². The monoisotopic (exact) mass is 1100 g/mol. The van der Waals surface area contributed by atoms with Crippen LogP contribution < -0.4 is 4.89 Å². The van der Waals surface area contributed by atoms with E-state index in [1.54, 1.807) is 0 Å². The predicted octanol–water partition coefficient (Wildman–Crippen LogP) is 20.2. The van der Waals surface area contributed by atoms with Gasteiger partial charge in [-0.15, -0.1) is 0 Å². The summed E-state index contributed by atoms with van der Waals surface area (Å²) in [5, 5.41) is 0. The van der Waals surface area contributed by atoms with Crippen LogP contribution >= 0.6 is 7.82 Å². The number of hydrogen-bond acceptors (Lipinski definition) is 8. The highest BCUT2D eigenvalue weighted by Gasteiger charge is 2.22. The summed E-state index contributed by atoms with van der Waals surface area (Å²) in [4.78, 5) is 38.0. The largest absolute Gasteiger partial charge is 0.756 e. The van der Waals surface area contributed by atoms with E-state index in [1.165, 1.54) is 225 Å². The minimum atomic E-state index is -4.64. The second-order valence-electron chi connectivity index (χ2n) is 23.5. The third kappa shape index (κ3) is 63.0. The van der Waals surface area contributed by atoms with Crippen molar-refractivity contribution in [2.24, 2.45) is 0 Å². The van der Waals surface area contributed by atoms with Gasteiger partial charge in [-0.3, -0.25) is 14.2 Å². The maximum absolute atomic E-state index is 12.8. The highest BCUT2D eigenvalue weighted by Crippen LogP contribution is 2.38. The fraction of sp³-hybridized carbons (Fsp3) is 0.851. The van der Waals surface area contributed by atoms with Crippen molar-refractivity contribution < 1.29 is 42.1 Å². The van der Waals surface area contributed by atoms with Gasteiger partial charge in [-0.1, -0.05) is 300 Å². The maximum Gasteiger partial charge on any atom is 0.306 e. The highest BCUT2D eigenvalue weighted by atomic mass is 31.2. The summed E-state index contributed by atoms with van der Waals surface area (Å²) in [5.41, 5.74) is 0. The van der Waals surface area contributed by atoms with E-state index >= 15 is 0 Å². The summed E-state index contributed by atoms with van der Waals surface area (Å²) in [6.07, 6.45) is 74.7. The first-order valence-corrected chi connectivity index (χ1v) is 34.3. The molecule has 0 aliphatic rings. The van der Waals surface area contributed by atoms with E-state index in [-0.39, 0.29) is 32.0 Å². The molecule has 0 N–H and O–H groups in total. The second kappa shape index (κ2) is 58.6. The molecule has 2 unspecified atom stereocenters. The van der Waals surface area contributed by atoms with Crippen molar-refractivity contribution >= 4 is 19.8 Å². The van der Waals surface area contributed by atoms with Gasteiger partial charge in [-0.2, -0.15) is 0 Å². The number of rotatable bonds is 61. The molecule has 0 heterocycles. The van der Waals surface area contributed by atoms with Gasteiger partial charge in [0.2, 0.25) is 0 Å². The van der Waals surface area contributed by atoms with Crippen LogP contribution in [0.25, 0.3) is 0 Å². The Bertz CT molecular complexity index is 1440. The number of phosphoric ester groups is 1. The third-order valence-electron chi connectivity index (χ3n) is 14.6. The van der Waals surface area contributed by atoms with Crippen molar-refractivity contribution in [1.29, 1.82) is 0 Å². The Hall–Kier alpha value is -2.03. The lowest BCUT2D eigenvalue weighted by molar-refractivity contribution is -0.870. The van der Waals surface area contributed by atoms with Crippen molar-refractivity contribution in [3.05, 3.63) is 48.6 Å². The molecule has 0 bridgehead atoms. The van der Waals surface area contributed by atoms with E-state index < -0.39 is 26.5 Å². The Labute approximate surface area is 477 Å². The van der Waals surface area contributed by atoms with Crippen LogP contribution in [0.1, 0.15) is 316 Å². The smallest absolute Gasteiger partial charge is 0.306 e. The number of carbonyl (C=O) groups excluding carboxylic acids is 2. The zero-order chi connectivity index (χ0) is 56.3. The lowest BCUT2D eigenvalue weighted by atomic mass is 10.0. The molecule has 452 valence electrons. The van der Waals surface area contributed by atoms with Crippen LogP contribution in [-0.2, 0) is 32.7 Å². The second-order valence-corrected chi connectivity index (χ2v) is 24.9. The van der Waals surface area contributed by atoms with Gasteiger partial charge in [0.1, 0.15) is 19.8 Å². The first kappa shape index (κ1) is 75.0. The molecule has 2 atom stereocenters. The average molecular weight is 1100 g/mol. The van der Waals surface area contributed by atoms with Crippen LogP contribution in [0.4, 0.5) is 0 Å². The predicted molar refractivity (Wildman–Crippen MR) is 328 cm³/mol. The van der Waals surface area contributed by atoms with Crippen molar-refractivity contribution in [3.63, 3.8) is 0 Å². The van der Waals surface area contributed by atoms with Crippen LogP contribution in [0.3, 0.4) is 0 Å². The van der Waals surface area contributed by atoms with Crippen LogP contribution in [0.15, 0.2) is 48.6 Å². The molecule has 0 saturated carbocycles. The lowest BCUT2D eigenvalue weighted by Crippen LogP contribution is -2.37. The van der Waals surface area contributed by atoms with E-state index in [0.717, 1.165) is 57.8 Å². The first-order valence-electron chi connectivity index (χ1n) is 32.8. The molecular weight excluding hydrogens is 978 g/mol. The normalized spacial score (nSPS) is 13.5. The van der Waals surface area contributed by atoms with Crippen LogP contribution in [0.2, 0.25) is 0 Å². The summed E-state index contributed by atoms with van der Waals surface area (Å²) < 4.78 is 34.3. The molecule has 0 aliphatic carbocycles. The highest BCUT2D eigenvalue weighted by molar-refractivity contribution is 7.45. The number of carbonyl (C=O) groups is 2. The molecule has 0 radical (unpaired) electrons. The quantitative estimate of drug-likeness (QED) is 0.0195. The number of phosphoric acid groups is 1. The van der Waals surface area contributed by atoms with Crippen molar-refractivity contribution in [1.82, 2.24) is 0 Å². The number of allylic oxidation sites excluding steroid dienone is 8. The molecule has 0 aromatic rings. The number of ether oxygens (including phenoxy) is 2. The third-order valence-corrected chi connectivity index (χ3v) is 15.6. The van der Waals surface area contributed by atoms with Gasteiger partial charge in [0.05, 0.1) is 27.7 Å². The topological polar surface area (TPSA) is 111 Å². The molecule has 9 nitrogen and oxygen atoms in total. The molecule has 0 amide bonds. The van der Waals surface area contributed by atoms with E-state index in [1.807, 2.05) is 21.1 Å². The maximum atomic E-state index is 12.8. The Kier molecular flexibility index (Phi) is 57.1. The number of hydrogen-bond donors (Lipinski definition) is 0.